The SMILES string of the molecule is COc1cc(Cl)c(C(=O)c2cc(C)ccc2F)cc1OC. The third kappa shape index (κ3) is 3.00. The fourth-order valence-corrected chi connectivity index (χ4v) is 2.23. The standard InChI is InChI=1S/C16H14ClFO3/c1-9-4-5-13(18)11(6-9)16(19)10-7-14(20-2)15(21-3)8-12(10)17/h4-8H,1-3H3. The van der Waals surface area contributed by atoms with Gasteiger partial charge in [0.25, 0.3) is 0 Å². The first kappa shape index (κ1) is 15.3. The van der Waals surface area contributed by atoms with Gasteiger partial charge in [0, 0.05) is 11.6 Å². The number of ketones is 1. The molecule has 0 spiro atoms. The maximum atomic E-state index is 13.8. The van der Waals surface area contributed by atoms with Crippen LogP contribution >= 0.6 is 11.6 Å². The molecule has 0 aliphatic heterocycles. The molecule has 0 saturated heterocycles. The molecule has 21 heavy (non-hydrogen) atoms. The maximum Gasteiger partial charge on any atom is 0.197 e. The highest BCUT2D eigenvalue weighted by molar-refractivity contribution is 6.35. The molecule has 0 bridgehead atoms. The minimum absolute atomic E-state index is 0.0240. The zero-order valence-corrected chi connectivity index (χ0v) is 12.6. The summed E-state index contributed by atoms with van der Waals surface area (Å²) >= 11 is 6.10. The van der Waals surface area contributed by atoms with Crippen molar-refractivity contribution < 1.29 is 18.7 Å². The Kier molecular flexibility index (Phi) is 4.48. The van der Waals surface area contributed by atoms with Gasteiger partial charge in [-0.1, -0.05) is 23.2 Å². The molecule has 0 atom stereocenters. The lowest BCUT2D eigenvalue weighted by molar-refractivity contribution is 0.103. The van der Waals surface area contributed by atoms with E-state index in [0.29, 0.717) is 11.5 Å². The summed E-state index contributed by atoms with van der Waals surface area (Å²) in [5, 5.41) is 0.179. The molecule has 110 valence electrons. The molecule has 0 aliphatic carbocycles. The minimum atomic E-state index is -0.587. The fraction of sp³-hybridized carbons (Fsp3) is 0.188. The van der Waals surface area contributed by atoms with Crippen LogP contribution in [0.2, 0.25) is 5.02 Å². The second-order valence-corrected chi connectivity index (χ2v) is 4.91. The first-order valence-corrected chi connectivity index (χ1v) is 6.58. The van der Waals surface area contributed by atoms with E-state index >= 15 is 0 Å². The Bertz CT molecular complexity index is 698. The lowest BCUT2D eigenvalue weighted by Gasteiger charge is -2.11. The van der Waals surface area contributed by atoms with E-state index in [-0.39, 0.29) is 16.1 Å². The van der Waals surface area contributed by atoms with Crippen LogP contribution in [0.4, 0.5) is 4.39 Å². The highest BCUT2D eigenvalue weighted by Gasteiger charge is 2.20. The summed E-state index contributed by atoms with van der Waals surface area (Å²) in [6, 6.07) is 7.27. The fourth-order valence-electron chi connectivity index (χ4n) is 1.99. The lowest BCUT2D eigenvalue weighted by atomic mass is 10.0. The molecule has 0 fully saturated rings. The van der Waals surface area contributed by atoms with E-state index in [0.717, 1.165) is 5.56 Å². The van der Waals surface area contributed by atoms with Gasteiger partial charge < -0.3 is 9.47 Å². The number of benzene rings is 2. The molecule has 0 unspecified atom stereocenters. The molecular formula is C16H14ClFO3. The summed E-state index contributed by atoms with van der Waals surface area (Å²) < 4.78 is 24.1. The van der Waals surface area contributed by atoms with Crippen LogP contribution in [-0.2, 0) is 0 Å². The second kappa shape index (κ2) is 6.14. The second-order valence-electron chi connectivity index (χ2n) is 4.50. The third-order valence-corrected chi connectivity index (χ3v) is 3.40. The van der Waals surface area contributed by atoms with E-state index < -0.39 is 11.6 Å². The zero-order chi connectivity index (χ0) is 15.6. The largest absolute Gasteiger partial charge is 0.493 e. The Labute approximate surface area is 127 Å². The molecule has 0 aliphatic rings. The molecule has 0 N–H and O–H groups in total. The van der Waals surface area contributed by atoms with Crippen molar-refractivity contribution in [3.8, 4) is 11.5 Å². The van der Waals surface area contributed by atoms with Crippen molar-refractivity contribution in [3.63, 3.8) is 0 Å². The Morgan fingerprint density at radius 2 is 1.67 bits per heavy atom. The molecule has 0 aromatic heterocycles. The van der Waals surface area contributed by atoms with E-state index in [1.54, 1.807) is 13.0 Å². The van der Waals surface area contributed by atoms with E-state index in [2.05, 4.69) is 0 Å². The van der Waals surface area contributed by atoms with Gasteiger partial charge in [-0.2, -0.15) is 0 Å². The summed E-state index contributed by atoms with van der Waals surface area (Å²) in [6.07, 6.45) is 0. The van der Waals surface area contributed by atoms with Crippen LogP contribution in [0, 0.1) is 12.7 Å². The monoisotopic (exact) mass is 308 g/mol. The van der Waals surface area contributed by atoms with Crippen LogP contribution in [0.15, 0.2) is 30.3 Å². The summed E-state index contributed by atoms with van der Waals surface area (Å²) in [7, 11) is 2.92. The van der Waals surface area contributed by atoms with E-state index in [1.165, 1.54) is 38.5 Å². The number of aryl methyl sites for hydroxylation is 1. The number of halogens is 2. The third-order valence-electron chi connectivity index (χ3n) is 3.08. The zero-order valence-electron chi connectivity index (χ0n) is 11.9. The number of carbonyl (C=O) groups is 1. The summed E-state index contributed by atoms with van der Waals surface area (Å²) in [6.45, 7) is 1.78. The van der Waals surface area contributed by atoms with Crippen LogP contribution in [0.5, 0.6) is 11.5 Å². The van der Waals surface area contributed by atoms with Crippen molar-refractivity contribution in [1.29, 1.82) is 0 Å². The Balaban J connectivity index is 2.55. The first-order valence-electron chi connectivity index (χ1n) is 6.20. The van der Waals surface area contributed by atoms with Crippen LogP contribution in [0.3, 0.4) is 0 Å². The summed E-state index contributed by atoms with van der Waals surface area (Å²) in [5.41, 5.74) is 0.930. The van der Waals surface area contributed by atoms with Gasteiger partial charge >= 0.3 is 0 Å². The highest BCUT2D eigenvalue weighted by atomic mass is 35.5. The van der Waals surface area contributed by atoms with Crippen molar-refractivity contribution in [2.24, 2.45) is 0 Å². The van der Waals surface area contributed by atoms with Gasteiger partial charge in [-0.3, -0.25) is 4.79 Å². The summed E-state index contributed by atoms with van der Waals surface area (Å²) in [4.78, 5) is 12.5. The maximum absolute atomic E-state index is 13.8. The topological polar surface area (TPSA) is 35.5 Å². The minimum Gasteiger partial charge on any atom is -0.493 e. The number of hydrogen-bond donors (Lipinski definition) is 0. The predicted octanol–water partition coefficient (Wildman–Crippen LogP) is 4.04. The van der Waals surface area contributed by atoms with Crippen LogP contribution in [-0.4, -0.2) is 20.0 Å². The Morgan fingerprint density at radius 1 is 1.05 bits per heavy atom. The molecule has 3 nitrogen and oxygen atoms in total. The van der Waals surface area contributed by atoms with Crippen LogP contribution < -0.4 is 9.47 Å². The Hall–Kier alpha value is -2.07. The van der Waals surface area contributed by atoms with E-state index in [4.69, 9.17) is 21.1 Å². The molecule has 2 aromatic carbocycles. The van der Waals surface area contributed by atoms with E-state index in [1.807, 2.05) is 0 Å². The quantitative estimate of drug-likeness (QED) is 0.800. The van der Waals surface area contributed by atoms with Gasteiger partial charge in [-0.15, -0.1) is 0 Å². The van der Waals surface area contributed by atoms with Gasteiger partial charge in [0.2, 0.25) is 0 Å². The molecule has 0 saturated carbocycles. The normalized spacial score (nSPS) is 10.3. The van der Waals surface area contributed by atoms with Crippen LogP contribution in [0.25, 0.3) is 0 Å². The average Bonchev–Trinajstić information content (AvgIpc) is 2.48. The van der Waals surface area contributed by atoms with Crippen molar-refractivity contribution in [2.45, 2.75) is 6.92 Å². The number of rotatable bonds is 4. The van der Waals surface area contributed by atoms with Gasteiger partial charge in [0.15, 0.2) is 17.3 Å². The van der Waals surface area contributed by atoms with Crippen molar-refractivity contribution in [2.75, 3.05) is 14.2 Å². The molecule has 0 amide bonds. The number of hydrogen-bond acceptors (Lipinski definition) is 3. The van der Waals surface area contributed by atoms with Gasteiger partial charge in [0.1, 0.15) is 5.82 Å². The molecule has 0 radical (unpaired) electrons. The van der Waals surface area contributed by atoms with Gasteiger partial charge in [0.05, 0.1) is 24.8 Å². The van der Waals surface area contributed by atoms with Gasteiger partial charge in [-0.05, 0) is 25.1 Å². The summed E-state index contributed by atoms with van der Waals surface area (Å²) in [5.74, 6) is -0.319. The molecule has 2 rings (SSSR count). The number of methoxy groups -OCH3 is 2. The average molecular weight is 309 g/mol. The number of carbonyl (C=O) groups excluding carboxylic acids is 1. The number of ether oxygens (including phenoxy) is 2. The first-order chi connectivity index (χ1) is 9.97. The molecule has 2 aromatic rings. The molecule has 0 heterocycles. The molecule has 5 heteroatoms. The molecular weight excluding hydrogens is 295 g/mol. The lowest BCUT2D eigenvalue weighted by Crippen LogP contribution is -2.06. The van der Waals surface area contributed by atoms with Crippen LogP contribution in [0.1, 0.15) is 21.5 Å². The predicted molar refractivity (Wildman–Crippen MR) is 79.1 cm³/mol. The van der Waals surface area contributed by atoms with Crippen molar-refractivity contribution >= 4 is 17.4 Å². The smallest absolute Gasteiger partial charge is 0.197 e. The van der Waals surface area contributed by atoms with E-state index in [9.17, 15) is 9.18 Å². The van der Waals surface area contributed by atoms with Gasteiger partial charge in [-0.25, -0.2) is 4.39 Å². The Morgan fingerprint density at radius 3 is 2.29 bits per heavy atom. The highest BCUT2D eigenvalue weighted by Crippen LogP contribution is 2.34. The van der Waals surface area contributed by atoms with Crippen molar-refractivity contribution in [1.82, 2.24) is 0 Å². The van der Waals surface area contributed by atoms with Crippen molar-refractivity contribution in [3.05, 3.63) is 57.9 Å².